The Hall–Kier alpha value is -1.52. The molecule has 4 N–H and O–H groups in total. The predicted molar refractivity (Wildman–Crippen MR) is 34.1 cm³/mol. The van der Waals surface area contributed by atoms with Crippen LogP contribution in [-0.2, 0) is 4.79 Å². The molecule has 0 heterocycles. The molecule has 0 aromatic heterocycles. The molecule has 0 aromatic rings. The number of hydrogen-bond donors (Lipinski definition) is 3. The number of primary amides is 1. The zero-order chi connectivity index (χ0) is 8.15. The molecule has 0 radical (unpaired) electrons. The summed E-state index contributed by atoms with van der Waals surface area (Å²) in [6, 6.07) is -0.777. The van der Waals surface area contributed by atoms with Crippen molar-refractivity contribution in [2.75, 3.05) is 0 Å². The van der Waals surface area contributed by atoms with Crippen LogP contribution in [0.4, 0.5) is 4.79 Å². The van der Waals surface area contributed by atoms with Crippen LogP contribution < -0.4 is 11.1 Å². The Balaban J connectivity index is 3.92. The first-order valence-electron chi connectivity index (χ1n) is 2.50. The number of hydrogen-bond acceptors (Lipinski definition) is 2. The quantitative estimate of drug-likeness (QED) is 0.462. The van der Waals surface area contributed by atoms with Crippen molar-refractivity contribution in [3.63, 3.8) is 0 Å². The van der Waals surface area contributed by atoms with Crippen molar-refractivity contribution in [2.24, 2.45) is 5.73 Å². The summed E-state index contributed by atoms with van der Waals surface area (Å²) in [6.45, 7) is 1.35. The molecule has 0 spiro atoms. The molecule has 0 unspecified atom stereocenters. The van der Waals surface area contributed by atoms with Gasteiger partial charge in [0.15, 0.2) is 0 Å². The highest BCUT2D eigenvalue weighted by atomic mass is 16.4. The minimum Gasteiger partial charge on any atom is -0.478 e. The summed E-state index contributed by atoms with van der Waals surface area (Å²) >= 11 is 0. The number of carboxylic acids is 1. The summed E-state index contributed by atoms with van der Waals surface area (Å²) in [6.07, 6.45) is 1.03. The zero-order valence-corrected chi connectivity index (χ0v) is 5.42. The highest BCUT2D eigenvalue weighted by Gasteiger charge is 1.98. The molecule has 0 atom stereocenters. The lowest BCUT2D eigenvalue weighted by Crippen LogP contribution is -2.25. The Labute approximate surface area is 57.5 Å². The van der Waals surface area contributed by atoms with E-state index in [9.17, 15) is 9.59 Å². The predicted octanol–water partition coefficient (Wildman–Crippen LogP) is -0.357. The number of rotatable bonds is 2. The fourth-order valence-corrected chi connectivity index (χ4v) is 0.241. The molecule has 0 saturated carbocycles. The van der Waals surface area contributed by atoms with Gasteiger partial charge in [-0.3, -0.25) is 0 Å². The molecule has 10 heavy (non-hydrogen) atoms. The van der Waals surface area contributed by atoms with E-state index in [0.29, 0.717) is 0 Å². The van der Waals surface area contributed by atoms with E-state index in [-0.39, 0.29) is 5.57 Å². The first kappa shape index (κ1) is 8.48. The number of urea groups is 1. The van der Waals surface area contributed by atoms with Gasteiger partial charge in [-0.25, -0.2) is 9.59 Å². The van der Waals surface area contributed by atoms with Crippen LogP contribution in [0.15, 0.2) is 11.8 Å². The number of nitrogens with one attached hydrogen (secondary N) is 1. The molecule has 0 aliphatic carbocycles. The maximum Gasteiger partial charge on any atom is 0.332 e. The van der Waals surface area contributed by atoms with Gasteiger partial charge in [-0.2, -0.15) is 0 Å². The van der Waals surface area contributed by atoms with E-state index >= 15 is 0 Å². The van der Waals surface area contributed by atoms with Crippen molar-refractivity contribution in [3.05, 3.63) is 11.8 Å². The summed E-state index contributed by atoms with van der Waals surface area (Å²) in [5, 5.41) is 10.3. The van der Waals surface area contributed by atoms with E-state index in [4.69, 9.17) is 5.11 Å². The van der Waals surface area contributed by atoms with Crippen molar-refractivity contribution >= 4 is 12.0 Å². The maximum atomic E-state index is 10.1. The van der Waals surface area contributed by atoms with Gasteiger partial charge in [-0.15, -0.1) is 0 Å². The Morgan fingerprint density at radius 1 is 1.60 bits per heavy atom. The first-order chi connectivity index (χ1) is 4.54. The highest BCUT2D eigenvalue weighted by molar-refractivity contribution is 5.86. The van der Waals surface area contributed by atoms with Crippen LogP contribution >= 0.6 is 0 Å². The Morgan fingerprint density at radius 2 is 2.10 bits per heavy atom. The average Bonchev–Trinajstić information content (AvgIpc) is 1.82. The minimum atomic E-state index is -1.09. The van der Waals surface area contributed by atoms with Crippen molar-refractivity contribution in [3.8, 4) is 0 Å². The molecule has 0 aliphatic heterocycles. The van der Waals surface area contributed by atoms with Crippen molar-refractivity contribution < 1.29 is 14.7 Å². The van der Waals surface area contributed by atoms with E-state index < -0.39 is 12.0 Å². The standard InChI is InChI=1S/C5H8N2O3/c1-3(4(8)9)2-7-5(6)10/h2H,1H3,(H,8,9)(H3,6,7,10). The van der Waals surface area contributed by atoms with Gasteiger partial charge in [-0.05, 0) is 6.92 Å². The summed E-state index contributed by atoms with van der Waals surface area (Å²) < 4.78 is 0. The second-order valence-electron chi connectivity index (χ2n) is 1.64. The van der Waals surface area contributed by atoms with Crippen LogP contribution in [0.1, 0.15) is 6.92 Å². The Bertz CT molecular complexity index is 185. The minimum absolute atomic E-state index is 0.0267. The molecule has 0 saturated heterocycles. The SMILES string of the molecule is CC(=CNC(N)=O)C(=O)O. The molecule has 2 amide bonds. The van der Waals surface area contributed by atoms with Gasteiger partial charge in [0.1, 0.15) is 0 Å². The number of carbonyl (C=O) groups is 2. The van der Waals surface area contributed by atoms with E-state index in [1.54, 1.807) is 0 Å². The average molecular weight is 144 g/mol. The zero-order valence-electron chi connectivity index (χ0n) is 5.42. The number of amides is 2. The topological polar surface area (TPSA) is 92.4 Å². The van der Waals surface area contributed by atoms with E-state index in [2.05, 4.69) is 5.73 Å². The first-order valence-corrected chi connectivity index (χ1v) is 2.50. The number of nitrogens with two attached hydrogens (primary N) is 1. The molecule has 5 heteroatoms. The second kappa shape index (κ2) is 3.49. The van der Waals surface area contributed by atoms with Crippen molar-refractivity contribution in [1.29, 1.82) is 0 Å². The third-order valence-electron chi connectivity index (χ3n) is 0.768. The molecule has 5 nitrogen and oxygen atoms in total. The Kier molecular flexibility index (Phi) is 2.96. The van der Waals surface area contributed by atoms with Crippen LogP contribution in [0.5, 0.6) is 0 Å². The summed E-state index contributed by atoms with van der Waals surface area (Å²) in [5.74, 6) is -1.09. The Morgan fingerprint density at radius 3 is 2.40 bits per heavy atom. The fraction of sp³-hybridized carbons (Fsp3) is 0.200. The van der Waals surface area contributed by atoms with Gasteiger partial charge in [0.25, 0.3) is 0 Å². The lowest BCUT2D eigenvalue weighted by Gasteiger charge is -1.92. The largest absolute Gasteiger partial charge is 0.478 e. The third kappa shape index (κ3) is 3.48. The summed E-state index contributed by atoms with van der Waals surface area (Å²) in [7, 11) is 0. The molecular weight excluding hydrogens is 136 g/mol. The van der Waals surface area contributed by atoms with Crippen LogP contribution in [0, 0.1) is 0 Å². The maximum absolute atomic E-state index is 10.1. The molecule has 0 fully saturated rings. The van der Waals surface area contributed by atoms with E-state index in [1.807, 2.05) is 5.32 Å². The van der Waals surface area contributed by atoms with Gasteiger partial charge in [0, 0.05) is 6.20 Å². The van der Waals surface area contributed by atoms with Crippen molar-refractivity contribution in [2.45, 2.75) is 6.92 Å². The van der Waals surface area contributed by atoms with Crippen LogP contribution in [0.25, 0.3) is 0 Å². The lowest BCUT2D eigenvalue weighted by molar-refractivity contribution is -0.132. The van der Waals surface area contributed by atoms with Crippen LogP contribution in [0.2, 0.25) is 0 Å². The number of carboxylic acid groups (broad SMARTS) is 1. The van der Waals surface area contributed by atoms with Gasteiger partial charge < -0.3 is 16.2 Å². The van der Waals surface area contributed by atoms with Crippen LogP contribution in [0.3, 0.4) is 0 Å². The van der Waals surface area contributed by atoms with Crippen molar-refractivity contribution in [1.82, 2.24) is 5.32 Å². The molecule has 56 valence electrons. The fourth-order valence-electron chi connectivity index (χ4n) is 0.241. The smallest absolute Gasteiger partial charge is 0.332 e. The normalized spacial score (nSPS) is 10.7. The summed E-state index contributed by atoms with van der Waals surface area (Å²) in [4.78, 5) is 20.1. The van der Waals surface area contributed by atoms with Gasteiger partial charge in [-0.1, -0.05) is 0 Å². The van der Waals surface area contributed by atoms with Gasteiger partial charge >= 0.3 is 12.0 Å². The molecular formula is C5H8N2O3. The monoisotopic (exact) mass is 144 g/mol. The number of carbonyl (C=O) groups excluding carboxylic acids is 1. The molecule has 0 bridgehead atoms. The van der Waals surface area contributed by atoms with E-state index in [0.717, 1.165) is 6.20 Å². The molecule has 0 aromatic carbocycles. The van der Waals surface area contributed by atoms with Gasteiger partial charge in [0.2, 0.25) is 0 Å². The highest BCUT2D eigenvalue weighted by Crippen LogP contribution is 1.87. The van der Waals surface area contributed by atoms with Gasteiger partial charge in [0.05, 0.1) is 5.57 Å². The third-order valence-corrected chi connectivity index (χ3v) is 0.768. The van der Waals surface area contributed by atoms with E-state index in [1.165, 1.54) is 6.92 Å². The molecule has 0 aliphatic rings. The number of aliphatic carboxylic acids is 1. The second-order valence-corrected chi connectivity index (χ2v) is 1.64. The van der Waals surface area contributed by atoms with Crippen LogP contribution in [-0.4, -0.2) is 17.1 Å². The summed E-state index contributed by atoms with van der Waals surface area (Å²) in [5.41, 5.74) is 4.68. The lowest BCUT2D eigenvalue weighted by atomic mass is 10.3. The molecule has 0 rings (SSSR count).